The van der Waals surface area contributed by atoms with Crippen LogP contribution in [-0.4, -0.2) is 59.2 Å². The van der Waals surface area contributed by atoms with E-state index in [9.17, 15) is 14.0 Å². The van der Waals surface area contributed by atoms with Gasteiger partial charge >= 0.3 is 6.09 Å². The van der Waals surface area contributed by atoms with Crippen LogP contribution >= 0.6 is 0 Å². The number of ether oxygens (including phenoxy) is 2. The van der Waals surface area contributed by atoms with Crippen LogP contribution in [0.5, 0.6) is 0 Å². The van der Waals surface area contributed by atoms with E-state index >= 15 is 8.78 Å². The highest BCUT2D eigenvalue weighted by atomic mass is 19.2. The Labute approximate surface area is 193 Å². The van der Waals surface area contributed by atoms with Crippen LogP contribution in [0.25, 0.3) is 16.9 Å². The van der Waals surface area contributed by atoms with Gasteiger partial charge in [-0.15, -0.1) is 0 Å². The molecule has 1 atom stereocenters. The number of anilines is 1. The predicted molar refractivity (Wildman–Crippen MR) is 117 cm³/mol. The number of morpholine rings is 1. The Morgan fingerprint density at radius 3 is 2.74 bits per heavy atom. The fourth-order valence-electron chi connectivity index (χ4n) is 4.04. The number of carbonyl (C=O) groups is 2. The molecule has 11 heteroatoms. The molecule has 3 heterocycles. The van der Waals surface area contributed by atoms with Crippen molar-refractivity contribution < 1.29 is 32.2 Å². The van der Waals surface area contributed by atoms with Gasteiger partial charge in [-0.05, 0) is 24.6 Å². The van der Waals surface area contributed by atoms with E-state index in [1.54, 1.807) is 22.7 Å². The third-order valence-corrected chi connectivity index (χ3v) is 5.58. The second-order valence-electron chi connectivity index (χ2n) is 8.04. The molecule has 0 aliphatic carbocycles. The van der Waals surface area contributed by atoms with E-state index in [-0.39, 0.29) is 25.3 Å². The van der Waals surface area contributed by atoms with Crippen molar-refractivity contribution in [3.63, 3.8) is 0 Å². The molecule has 0 saturated carbocycles. The van der Waals surface area contributed by atoms with Gasteiger partial charge in [0.25, 0.3) is 0 Å². The Bertz CT molecular complexity index is 1280. The molecular weight excluding hydrogens is 453 g/mol. The fraction of sp³-hybridized carbons (Fsp3) is 0.348. The van der Waals surface area contributed by atoms with Crippen molar-refractivity contribution in [2.75, 3.05) is 32.1 Å². The number of hydrogen-bond donors (Lipinski definition) is 1. The summed E-state index contributed by atoms with van der Waals surface area (Å²) in [5, 5.41) is 2.08. The van der Waals surface area contributed by atoms with E-state index in [1.165, 1.54) is 12.0 Å². The number of carbonyl (C=O) groups excluding carboxylic acids is 2. The van der Waals surface area contributed by atoms with Gasteiger partial charge in [0.1, 0.15) is 11.5 Å². The van der Waals surface area contributed by atoms with E-state index in [2.05, 4.69) is 10.3 Å². The van der Waals surface area contributed by atoms with E-state index in [0.717, 1.165) is 18.6 Å². The summed E-state index contributed by atoms with van der Waals surface area (Å²) in [4.78, 5) is 29.1. The minimum absolute atomic E-state index is 0.0901. The molecule has 1 aliphatic rings. The molecule has 0 radical (unpaired) electrons. The molecule has 1 fully saturated rings. The third-order valence-electron chi connectivity index (χ3n) is 5.58. The zero-order valence-corrected chi connectivity index (χ0v) is 18.8. The largest absolute Gasteiger partial charge is 0.453 e. The molecule has 1 N–H and O–H groups in total. The number of benzene rings is 1. The van der Waals surface area contributed by atoms with Gasteiger partial charge in [-0.1, -0.05) is 0 Å². The van der Waals surface area contributed by atoms with E-state index in [4.69, 9.17) is 9.47 Å². The first-order valence-electron chi connectivity index (χ1n) is 10.6. The number of halogens is 3. The second kappa shape index (κ2) is 9.34. The first kappa shape index (κ1) is 23.6. The molecule has 8 nitrogen and oxygen atoms in total. The summed E-state index contributed by atoms with van der Waals surface area (Å²) in [7, 11) is 1.28. The van der Waals surface area contributed by atoms with Crippen molar-refractivity contribution in [3.8, 4) is 11.3 Å². The maximum Gasteiger partial charge on any atom is 0.409 e. The minimum atomic E-state index is -1.47. The van der Waals surface area contributed by atoms with Crippen LogP contribution in [0, 0.1) is 24.4 Å². The molecule has 4 rings (SSSR count). The van der Waals surface area contributed by atoms with Gasteiger partial charge < -0.3 is 24.1 Å². The van der Waals surface area contributed by atoms with Gasteiger partial charge in [0.05, 0.1) is 49.0 Å². The second-order valence-corrected chi connectivity index (χ2v) is 8.04. The van der Waals surface area contributed by atoms with Crippen molar-refractivity contribution in [3.05, 3.63) is 53.1 Å². The van der Waals surface area contributed by atoms with Crippen molar-refractivity contribution in [2.24, 2.45) is 0 Å². The lowest BCUT2D eigenvalue weighted by atomic mass is 10.0. The van der Waals surface area contributed by atoms with E-state index < -0.39 is 46.8 Å². The number of methoxy groups -OCH3 is 1. The van der Waals surface area contributed by atoms with Crippen LogP contribution in [0.3, 0.4) is 0 Å². The molecule has 2 aromatic heterocycles. The Morgan fingerprint density at radius 1 is 1.26 bits per heavy atom. The molecule has 2 amide bonds. The maximum absolute atomic E-state index is 15.1. The highest BCUT2D eigenvalue weighted by Gasteiger charge is 2.30. The zero-order chi connectivity index (χ0) is 24.6. The first-order valence-corrected chi connectivity index (χ1v) is 10.6. The van der Waals surface area contributed by atoms with Gasteiger partial charge in [-0.2, -0.15) is 0 Å². The minimum Gasteiger partial charge on any atom is -0.453 e. The van der Waals surface area contributed by atoms with Gasteiger partial charge in [-0.3, -0.25) is 4.79 Å². The number of rotatable bonds is 4. The monoisotopic (exact) mass is 476 g/mol. The summed E-state index contributed by atoms with van der Waals surface area (Å²) in [5.41, 5.74) is 0.328. The molecule has 1 aromatic carbocycles. The highest BCUT2D eigenvalue weighted by Crippen LogP contribution is 2.35. The lowest BCUT2D eigenvalue weighted by Crippen LogP contribution is -2.46. The average Bonchev–Trinajstić information content (AvgIpc) is 3.13. The lowest BCUT2D eigenvalue weighted by Gasteiger charge is -2.32. The topological polar surface area (TPSA) is 85.2 Å². The summed E-state index contributed by atoms with van der Waals surface area (Å²) in [6.07, 6.45) is 0.827. The zero-order valence-electron chi connectivity index (χ0n) is 18.8. The van der Waals surface area contributed by atoms with Crippen LogP contribution in [-0.2, 0) is 20.7 Å². The molecule has 180 valence electrons. The Kier molecular flexibility index (Phi) is 6.47. The summed E-state index contributed by atoms with van der Waals surface area (Å²) in [6, 6.07) is 4.26. The quantitative estimate of drug-likeness (QED) is 0.581. The van der Waals surface area contributed by atoms with Crippen LogP contribution in [0.4, 0.5) is 23.7 Å². The molecule has 1 saturated heterocycles. The van der Waals surface area contributed by atoms with Crippen LogP contribution < -0.4 is 5.32 Å². The van der Waals surface area contributed by atoms with Crippen LogP contribution in [0.2, 0.25) is 0 Å². The molecule has 0 unspecified atom stereocenters. The molecule has 1 aliphatic heterocycles. The molecule has 34 heavy (non-hydrogen) atoms. The van der Waals surface area contributed by atoms with Crippen molar-refractivity contribution >= 4 is 23.3 Å². The number of amides is 2. The Balaban J connectivity index is 1.81. The number of fused-ring (bicyclic) bond motifs is 1. The van der Waals surface area contributed by atoms with Crippen molar-refractivity contribution in [1.82, 2.24) is 14.3 Å². The number of aryl methyl sites for hydroxylation is 1. The fourth-order valence-corrected chi connectivity index (χ4v) is 4.04. The van der Waals surface area contributed by atoms with E-state index in [1.807, 2.05) is 6.92 Å². The van der Waals surface area contributed by atoms with Gasteiger partial charge in [0.2, 0.25) is 5.91 Å². The summed E-state index contributed by atoms with van der Waals surface area (Å²) in [6.45, 7) is 3.75. The van der Waals surface area contributed by atoms with Gasteiger partial charge in [-0.25, -0.2) is 22.9 Å². The number of aromatic nitrogens is 2. The van der Waals surface area contributed by atoms with E-state index in [0.29, 0.717) is 17.9 Å². The summed E-state index contributed by atoms with van der Waals surface area (Å²) < 4.78 is 57.1. The van der Waals surface area contributed by atoms with Gasteiger partial charge in [0, 0.05) is 32.2 Å². The standard InChI is InChI=1S/C23H23F3N4O4/c1-12-4-5-30-17(9-14-11-29(6-7-34-14)23(32)33-3)22(28-18(30)8-12)19-15(24)10-16(27-13(2)31)20(25)21(19)26/h4-5,8,10,14H,6-7,9,11H2,1-3H3,(H,27,31)/t14-/m0/s1. The third kappa shape index (κ3) is 4.43. The number of imidazole rings is 1. The molecule has 0 spiro atoms. The number of nitrogens with one attached hydrogen (secondary N) is 1. The Morgan fingerprint density at radius 2 is 2.03 bits per heavy atom. The average molecular weight is 476 g/mol. The smallest absolute Gasteiger partial charge is 0.409 e. The summed E-state index contributed by atoms with van der Waals surface area (Å²) in [5.74, 6) is -4.61. The van der Waals surface area contributed by atoms with Crippen molar-refractivity contribution in [1.29, 1.82) is 0 Å². The molecule has 0 bridgehead atoms. The highest BCUT2D eigenvalue weighted by molar-refractivity contribution is 5.89. The molecule has 3 aromatic rings. The normalized spacial score (nSPS) is 16.1. The Hall–Kier alpha value is -3.60. The first-order chi connectivity index (χ1) is 16.2. The number of hydrogen-bond acceptors (Lipinski definition) is 5. The van der Waals surface area contributed by atoms with Crippen molar-refractivity contribution in [2.45, 2.75) is 26.4 Å². The predicted octanol–water partition coefficient (Wildman–Crippen LogP) is 3.70. The lowest BCUT2D eigenvalue weighted by molar-refractivity contribution is -0.114. The summed E-state index contributed by atoms with van der Waals surface area (Å²) >= 11 is 0. The number of pyridine rings is 1. The SMILES string of the molecule is COC(=O)N1CCO[C@@H](Cc2c(-c3c(F)cc(NC(C)=O)c(F)c3F)nc3cc(C)ccn23)C1. The van der Waals surface area contributed by atoms with Gasteiger partial charge in [0.15, 0.2) is 11.6 Å². The number of nitrogens with zero attached hydrogens (tertiary/aromatic N) is 3. The van der Waals surface area contributed by atoms with Crippen LogP contribution in [0.15, 0.2) is 24.4 Å². The van der Waals surface area contributed by atoms with Crippen LogP contribution in [0.1, 0.15) is 18.2 Å². The maximum atomic E-state index is 15.1. The molecular formula is C23H23F3N4O4.